The van der Waals surface area contributed by atoms with E-state index in [-0.39, 0.29) is 5.91 Å². The Morgan fingerprint density at radius 3 is 2.83 bits per heavy atom. The number of benzene rings is 2. The molecule has 0 atom stereocenters. The molecule has 4 nitrogen and oxygen atoms in total. The van der Waals surface area contributed by atoms with Crippen molar-refractivity contribution in [3.05, 3.63) is 72.4 Å². The van der Waals surface area contributed by atoms with Crippen LogP contribution in [0.4, 0.5) is 5.69 Å². The Bertz CT molecular complexity index is 882. The Hall–Kier alpha value is -3.14. The lowest BCUT2D eigenvalue weighted by atomic mass is 10.1. The molecule has 114 valence electrons. The van der Waals surface area contributed by atoms with E-state index in [0.717, 1.165) is 16.5 Å². The van der Waals surface area contributed by atoms with Crippen molar-refractivity contribution in [2.24, 2.45) is 0 Å². The Balaban J connectivity index is 1.97. The zero-order chi connectivity index (χ0) is 16.2. The highest BCUT2D eigenvalue weighted by molar-refractivity contribution is 6.10. The Kier molecular flexibility index (Phi) is 4.06. The standard InChI is InChI=1S/C19H16N2O2/c1-3-13-12-15(23-2)9-10-16(13)19(22)21-17-8-4-6-14-7-5-11-20-18(14)17/h3-12H,1H2,2H3,(H,21,22). The molecule has 0 saturated carbocycles. The minimum Gasteiger partial charge on any atom is -0.497 e. The first kappa shape index (κ1) is 14.8. The second-order valence-corrected chi connectivity index (χ2v) is 4.99. The number of methoxy groups -OCH3 is 1. The highest BCUT2D eigenvalue weighted by Crippen LogP contribution is 2.23. The third kappa shape index (κ3) is 2.92. The molecule has 1 amide bonds. The smallest absolute Gasteiger partial charge is 0.256 e. The quantitative estimate of drug-likeness (QED) is 0.788. The van der Waals surface area contributed by atoms with Crippen molar-refractivity contribution in [3.63, 3.8) is 0 Å². The molecular weight excluding hydrogens is 288 g/mol. The van der Waals surface area contributed by atoms with E-state index in [0.29, 0.717) is 17.0 Å². The fourth-order valence-electron chi connectivity index (χ4n) is 2.44. The molecule has 23 heavy (non-hydrogen) atoms. The number of para-hydroxylation sites is 1. The number of pyridine rings is 1. The molecule has 3 rings (SSSR count). The Morgan fingerprint density at radius 2 is 2.04 bits per heavy atom. The average molecular weight is 304 g/mol. The van der Waals surface area contributed by atoms with Crippen LogP contribution >= 0.6 is 0 Å². The number of nitrogens with one attached hydrogen (secondary N) is 1. The number of ether oxygens (including phenoxy) is 1. The first-order chi connectivity index (χ1) is 11.2. The summed E-state index contributed by atoms with van der Waals surface area (Å²) in [6, 6.07) is 14.8. The van der Waals surface area contributed by atoms with Crippen molar-refractivity contribution < 1.29 is 9.53 Å². The van der Waals surface area contributed by atoms with E-state index in [1.807, 2.05) is 30.3 Å². The highest BCUT2D eigenvalue weighted by atomic mass is 16.5. The van der Waals surface area contributed by atoms with E-state index in [1.54, 1.807) is 37.6 Å². The summed E-state index contributed by atoms with van der Waals surface area (Å²) in [5.41, 5.74) is 2.69. The van der Waals surface area contributed by atoms with Crippen molar-refractivity contribution in [1.82, 2.24) is 4.98 Å². The van der Waals surface area contributed by atoms with Gasteiger partial charge in [0.25, 0.3) is 5.91 Å². The van der Waals surface area contributed by atoms with Crippen LogP contribution in [0.1, 0.15) is 15.9 Å². The molecule has 0 spiro atoms. The number of amides is 1. The van der Waals surface area contributed by atoms with Gasteiger partial charge in [-0.3, -0.25) is 9.78 Å². The second kappa shape index (κ2) is 6.32. The van der Waals surface area contributed by atoms with Gasteiger partial charge < -0.3 is 10.1 Å². The van der Waals surface area contributed by atoms with Crippen molar-refractivity contribution >= 4 is 28.6 Å². The first-order valence-corrected chi connectivity index (χ1v) is 7.18. The first-order valence-electron chi connectivity index (χ1n) is 7.18. The largest absolute Gasteiger partial charge is 0.497 e. The van der Waals surface area contributed by atoms with Gasteiger partial charge in [0, 0.05) is 17.1 Å². The lowest BCUT2D eigenvalue weighted by Gasteiger charge is -2.11. The van der Waals surface area contributed by atoms with Gasteiger partial charge in [-0.15, -0.1) is 0 Å². The predicted molar refractivity (Wildman–Crippen MR) is 92.8 cm³/mol. The molecular formula is C19H16N2O2. The van der Waals surface area contributed by atoms with E-state index >= 15 is 0 Å². The summed E-state index contributed by atoms with van der Waals surface area (Å²) in [7, 11) is 1.59. The number of carbonyl (C=O) groups is 1. The number of aromatic nitrogens is 1. The third-order valence-electron chi connectivity index (χ3n) is 3.60. The SMILES string of the molecule is C=Cc1cc(OC)ccc1C(=O)Nc1cccc2cccnc12. The highest BCUT2D eigenvalue weighted by Gasteiger charge is 2.12. The van der Waals surface area contributed by atoms with Crippen molar-refractivity contribution in [2.45, 2.75) is 0 Å². The van der Waals surface area contributed by atoms with E-state index in [4.69, 9.17) is 4.74 Å². The Morgan fingerprint density at radius 1 is 1.22 bits per heavy atom. The monoisotopic (exact) mass is 304 g/mol. The molecule has 0 aliphatic carbocycles. The maximum absolute atomic E-state index is 12.6. The Labute approximate surface area is 134 Å². The lowest BCUT2D eigenvalue weighted by molar-refractivity contribution is 0.102. The molecule has 3 aromatic rings. The van der Waals surface area contributed by atoms with Crippen LogP contribution in [-0.4, -0.2) is 18.0 Å². The van der Waals surface area contributed by atoms with Crippen LogP contribution < -0.4 is 10.1 Å². The molecule has 0 unspecified atom stereocenters. The van der Waals surface area contributed by atoms with Gasteiger partial charge in [0.1, 0.15) is 5.75 Å². The molecule has 1 heterocycles. The van der Waals surface area contributed by atoms with E-state index in [2.05, 4.69) is 16.9 Å². The van der Waals surface area contributed by atoms with Crippen LogP contribution in [0.3, 0.4) is 0 Å². The van der Waals surface area contributed by atoms with Gasteiger partial charge in [0.05, 0.1) is 18.3 Å². The number of fused-ring (bicyclic) bond motifs is 1. The molecule has 0 saturated heterocycles. The van der Waals surface area contributed by atoms with Crippen molar-refractivity contribution in [3.8, 4) is 5.75 Å². The summed E-state index contributed by atoms with van der Waals surface area (Å²) in [6.45, 7) is 3.76. The molecule has 0 fully saturated rings. The summed E-state index contributed by atoms with van der Waals surface area (Å²) in [4.78, 5) is 17.0. The van der Waals surface area contributed by atoms with Crippen LogP contribution in [0.2, 0.25) is 0 Å². The van der Waals surface area contributed by atoms with Gasteiger partial charge in [-0.25, -0.2) is 0 Å². The van der Waals surface area contributed by atoms with Crippen LogP contribution in [0, 0.1) is 0 Å². The van der Waals surface area contributed by atoms with E-state index < -0.39 is 0 Å². The van der Waals surface area contributed by atoms with Gasteiger partial charge >= 0.3 is 0 Å². The summed E-state index contributed by atoms with van der Waals surface area (Å²) in [6.07, 6.45) is 3.35. The maximum atomic E-state index is 12.6. The molecule has 0 bridgehead atoms. The van der Waals surface area contributed by atoms with Crippen LogP contribution in [-0.2, 0) is 0 Å². The van der Waals surface area contributed by atoms with Gasteiger partial charge in [-0.05, 0) is 35.9 Å². The fraction of sp³-hybridized carbons (Fsp3) is 0.0526. The summed E-state index contributed by atoms with van der Waals surface area (Å²) >= 11 is 0. The molecule has 4 heteroatoms. The molecule has 0 aliphatic rings. The van der Waals surface area contributed by atoms with E-state index in [1.165, 1.54) is 0 Å². The normalized spacial score (nSPS) is 10.3. The topological polar surface area (TPSA) is 51.2 Å². The van der Waals surface area contributed by atoms with E-state index in [9.17, 15) is 4.79 Å². The fourth-order valence-corrected chi connectivity index (χ4v) is 2.44. The zero-order valence-corrected chi connectivity index (χ0v) is 12.7. The van der Waals surface area contributed by atoms with Gasteiger partial charge in [0.2, 0.25) is 0 Å². The molecule has 0 radical (unpaired) electrons. The van der Waals surface area contributed by atoms with Gasteiger partial charge in [0.15, 0.2) is 0 Å². The lowest BCUT2D eigenvalue weighted by Crippen LogP contribution is -2.13. The number of nitrogens with zero attached hydrogens (tertiary/aromatic N) is 1. The number of hydrogen-bond acceptors (Lipinski definition) is 3. The molecule has 2 aromatic carbocycles. The second-order valence-electron chi connectivity index (χ2n) is 4.99. The minimum absolute atomic E-state index is 0.208. The predicted octanol–water partition coefficient (Wildman–Crippen LogP) is 4.14. The summed E-state index contributed by atoms with van der Waals surface area (Å²) in [5, 5.41) is 3.90. The average Bonchev–Trinajstić information content (AvgIpc) is 2.61. The van der Waals surface area contributed by atoms with Crippen molar-refractivity contribution in [2.75, 3.05) is 12.4 Å². The van der Waals surface area contributed by atoms with Gasteiger partial charge in [-0.1, -0.05) is 30.9 Å². The number of rotatable bonds is 4. The van der Waals surface area contributed by atoms with Gasteiger partial charge in [-0.2, -0.15) is 0 Å². The molecule has 1 aromatic heterocycles. The summed E-state index contributed by atoms with van der Waals surface area (Å²) in [5.74, 6) is 0.476. The summed E-state index contributed by atoms with van der Waals surface area (Å²) < 4.78 is 5.18. The van der Waals surface area contributed by atoms with Crippen LogP contribution in [0.15, 0.2) is 61.3 Å². The van der Waals surface area contributed by atoms with Crippen LogP contribution in [0.25, 0.3) is 17.0 Å². The third-order valence-corrected chi connectivity index (χ3v) is 3.60. The number of hydrogen-bond donors (Lipinski definition) is 1. The maximum Gasteiger partial charge on any atom is 0.256 e. The number of carbonyl (C=O) groups excluding carboxylic acids is 1. The minimum atomic E-state index is -0.208. The molecule has 0 aliphatic heterocycles. The zero-order valence-electron chi connectivity index (χ0n) is 12.7. The molecule has 1 N–H and O–H groups in total. The van der Waals surface area contributed by atoms with Crippen molar-refractivity contribution in [1.29, 1.82) is 0 Å². The number of anilines is 1. The van der Waals surface area contributed by atoms with Crippen LogP contribution in [0.5, 0.6) is 5.75 Å².